The summed E-state index contributed by atoms with van der Waals surface area (Å²) in [6.07, 6.45) is 0.611. The summed E-state index contributed by atoms with van der Waals surface area (Å²) in [4.78, 5) is 18.2. The van der Waals surface area contributed by atoms with E-state index in [1.807, 2.05) is 31.2 Å². The molecular formula is C21H24BN7O3. The molecule has 32 heavy (non-hydrogen) atoms. The summed E-state index contributed by atoms with van der Waals surface area (Å²) in [6, 6.07) is 13.1. The van der Waals surface area contributed by atoms with Crippen molar-refractivity contribution in [1.29, 1.82) is 0 Å². The van der Waals surface area contributed by atoms with Gasteiger partial charge in [0.05, 0.1) is 18.1 Å². The van der Waals surface area contributed by atoms with Crippen LogP contribution in [0.4, 0.5) is 5.95 Å². The van der Waals surface area contributed by atoms with Gasteiger partial charge < -0.3 is 25.8 Å². The largest absolute Gasteiger partial charge is 0.488 e. The Morgan fingerprint density at radius 1 is 1.09 bits per heavy atom. The van der Waals surface area contributed by atoms with Gasteiger partial charge in [0.2, 0.25) is 11.9 Å². The summed E-state index contributed by atoms with van der Waals surface area (Å²) in [5.74, 6) is 1.38. The third kappa shape index (κ3) is 4.26. The number of hydrogen-bond acceptors (Lipinski definition) is 9. The number of anilines is 1. The standard InChI is InChI=1S/C21H24BN7O3/c1-3-17-25-19(24-12-13-6-4-8-15(10-13)22(30)31)28-20(26-17)29-16-9-5-7-14(11-23)18(16)27-21(29)32-2/h4-10,30-31H,3,11-12,23H2,1-2H3,(H,24,25,26,28). The van der Waals surface area contributed by atoms with E-state index in [9.17, 15) is 10.0 Å². The molecule has 2 aromatic heterocycles. The highest BCUT2D eigenvalue weighted by molar-refractivity contribution is 6.58. The van der Waals surface area contributed by atoms with Crippen LogP contribution in [0.5, 0.6) is 6.01 Å². The van der Waals surface area contributed by atoms with Gasteiger partial charge in [-0.2, -0.15) is 19.9 Å². The van der Waals surface area contributed by atoms with Gasteiger partial charge in [0, 0.05) is 19.5 Å². The number of aromatic nitrogens is 5. The zero-order chi connectivity index (χ0) is 22.7. The molecule has 0 saturated heterocycles. The second-order valence-corrected chi connectivity index (χ2v) is 7.12. The number of ether oxygens (including phenoxy) is 1. The first kappa shape index (κ1) is 21.7. The van der Waals surface area contributed by atoms with Crippen molar-refractivity contribution in [3.05, 3.63) is 59.4 Å². The Morgan fingerprint density at radius 3 is 2.62 bits per heavy atom. The molecule has 4 aromatic rings. The van der Waals surface area contributed by atoms with Crippen LogP contribution in [0.1, 0.15) is 23.9 Å². The lowest BCUT2D eigenvalue weighted by atomic mass is 9.80. The number of nitrogens with zero attached hydrogens (tertiary/aromatic N) is 5. The molecule has 0 fully saturated rings. The molecule has 11 heteroatoms. The van der Waals surface area contributed by atoms with Crippen LogP contribution in [-0.2, 0) is 19.5 Å². The van der Waals surface area contributed by atoms with Crippen LogP contribution in [0.3, 0.4) is 0 Å². The second-order valence-electron chi connectivity index (χ2n) is 7.12. The summed E-state index contributed by atoms with van der Waals surface area (Å²) in [5.41, 5.74) is 9.57. The topological polar surface area (TPSA) is 144 Å². The van der Waals surface area contributed by atoms with E-state index in [-0.39, 0.29) is 0 Å². The molecule has 10 nitrogen and oxygen atoms in total. The minimum absolute atomic E-state index is 0.351. The smallest absolute Gasteiger partial charge is 0.468 e. The first-order valence-electron chi connectivity index (χ1n) is 10.2. The maximum absolute atomic E-state index is 9.39. The molecule has 2 aromatic carbocycles. The fourth-order valence-electron chi connectivity index (χ4n) is 3.42. The number of rotatable bonds is 8. The highest BCUT2D eigenvalue weighted by atomic mass is 16.5. The summed E-state index contributed by atoms with van der Waals surface area (Å²) in [5, 5.41) is 22.0. The van der Waals surface area contributed by atoms with Crippen LogP contribution >= 0.6 is 0 Å². The van der Waals surface area contributed by atoms with Crippen molar-refractivity contribution in [3.8, 4) is 12.0 Å². The van der Waals surface area contributed by atoms with E-state index in [2.05, 4.69) is 25.3 Å². The highest BCUT2D eigenvalue weighted by Gasteiger charge is 2.19. The zero-order valence-electron chi connectivity index (χ0n) is 17.9. The summed E-state index contributed by atoms with van der Waals surface area (Å²) in [6.45, 7) is 2.71. The number of aryl methyl sites for hydroxylation is 1. The molecule has 0 atom stereocenters. The van der Waals surface area contributed by atoms with E-state index in [0.717, 1.165) is 22.2 Å². The van der Waals surface area contributed by atoms with Crippen molar-refractivity contribution in [2.45, 2.75) is 26.4 Å². The molecule has 0 bridgehead atoms. The minimum Gasteiger partial charge on any atom is -0.468 e. The lowest BCUT2D eigenvalue weighted by Crippen LogP contribution is -2.30. The molecule has 0 aliphatic heterocycles. The number of nitrogens with one attached hydrogen (secondary N) is 1. The van der Waals surface area contributed by atoms with E-state index in [1.54, 1.807) is 29.9 Å². The predicted molar refractivity (Wildman–Crippen MR) is 122 cm³/mol. The molecule has 0 unspecified atom stereocenters. The van der Waals surface area contributed by atoms with E-state index in [0.29, 0.717) is 48.7 Å². The van der Waals surface area contributed by atoms with E-state index >= 15 is 0 Å². The number of fused-ring (bicyclic) bond motifs is 1. The number of nitrogens with two attached hydrogens (primary N) is 1. The third-order valence-corrected chi connectivity index (χ3v) is 5.03. The third-order valence-electron chi connectivity index (χ3n) is 5.03. The first-order valence-corrected chi connectivity index (χ1v) is 10.2. The van der Waals surface area contributed by atoms with Crippen molar-refractivity contribution in [2.75, 3.05) is 12.4 Å². The van der Waals surface area contributed by atoms with Gasteiger partial charge in [0.1, 0.15) is 5.82 Å². The van der Waals surface area contributed by atoms with Gasteiger partial charge in [0.25, 0.3) is 0 Å². The van der Waals surface area contributed by atoms with Crippen LogP contribution in [0.25, 0.3) is 17.0 Å². The molecule has 4 rings (SSSR count). The summed E-state index contributed by atoms with van der Waals surface area (Å²) >= 11 is 0. The average molecular weight is 433 g/mol. The summed E-state index contributed by atoms with van der Waals surface area (Å²) in [7, 11) is 0.0227. The van der Waals surface area contributed by atoms with Gasteiger partial charge in [-0.05, 0) is 22.7 Å². The molecule has 0 aliphatic rings. The molecule has 5 N–H and O–H groups in total. The molecule has 164 valence electrons. The Hall–Kier alpha value is -3.54. The van der Waals surface area contributed by atoms with Crippen LogP contribution in [-0.4, -0.2) is 48.8 Å². The van der Waals surface area contributed by atoms with Crippen molar-refractivity contribution < 1.29 is 14.8 Å². The fraction of sp³-hybridized carbons (Fsp3) is 0.238. The van der Waals surface area contributed by atoms with Crippen LogP contribution < -0.4 is 21.3 Å². The normalized spacial score (nSPS) is 11.0. The van der Waals surface area contributed by atoms with Crippen molar-refractivity contribution >= 4 is 29.6 Å². The molecule has 0 radical (unpaired) electrons. The number of imidazole rings is 1. The zero-order valence-corrected chi connectivity index (χ0v) is 17.9. The van der Waals surface area contributed by atoms with E-state index in [4.69, 9.17) is 10.5 Å². The Balaban J connectivity index is 1.72. The molecule has 0 aliphatic carbocycles. The molecule has 2 heterocycles. The fourth-order valence-corrected chi connectivity index (χ4v) is 3.42. The van der Waals surface area contributed by atoms with Gasteiger partial charge in [-0.15, -0.1) is 0 Å². The Bertz CT molecular complexity index is 1250. The maximum Gasteiger partial charge on any atom is 0.488 e. The quantitative estimate of drug-likeness (QED) is 0.293. The first-order chi connectivity index (χ1) is 15.5. The monoisotopic (exact) mass is 433 g/mol. The Kier molecular flexibility index (Phi) is 6.31. The predicted octanol–water partition coefficient (Wildman–Crippen LogP) is 0.532. The van der Waals surface area contributed by atoms with Crippen molar-refractivity contribution in [3.63, 3.8) is 0 Å². The highest BCUT2D eigenvalue weighted by Crippen LogP contribution is 2.27. The number of para-hydroxylation sites is 1. The number of hydrogen-bond donors (Lipinski definition) is 4. The molecular weight excluding hydrogens is 409 g/mol. The lowest BCUT2D eigenvalue weighted by molar-refractivity contribution is 0.374. The van der Waals surface area contributed by atoms with Gasteiger partial charge in [-0.25, -0.2) is 4.57 Å². The van der Waals surface area contributed by atoms with Crippen molar-refractivity contribution in [2.24, 2.45) is 5.73 Å². The van der Waals surface area contributed by atoms with Crippen molar-refractivity contribution in [1.82, 2.24) is 24.5 Å². The average Bonchev–Trinajstić information content (AvgIpc) is 3.21. The molecule has 0 spiro atoms. The van der Waals surface area contributed by atoms with Gasteiger partial charge in [-0.1, -0.05) is 43.3 Å². The Morgan fingerprint density at radius 2 is 1.91 bits per heavy atom. The van der Waals surface area contributed by atoms with Crippen LogP contribution in [0, 0.1) is 0 Å². The molecule has 0 saturated carbocycles. The van der Waals surface area contributed by atoms with E-state index in [1.165, 1.54) is 0 Å². The molecule has 0 amide bonds. The van der Waals surface area contributed by atoms with Gasteiger partial charge in [-0.3, -0.25) is 0 Å². The summed E-state index contributed by atoms with van der Waals surface area (Å²) < 4.78 is 7.24. The number of methoxy groups -OCH3 is 1. The second kappa shape index (κ2) is 9.31. The SMILES string of the molecule is CCc1nc(NCc2cccc(B(O)O)c2)nc(-n2c(OC)nc3c(CN)cccc32)n1. The van der Waals surface area contributed by atoms with Crippen LogP contribution in [0.2, 0.25) is 0 Å². The lowest BCUT2D eigenvalue weighted by Gasteiger charge is -2.11. The van der Waals surface area contributed by atoms with Gasteiger partial charge in [0.15, 0.2) is 0 Å². The number of benzene rings is 2. The maximum atomic E-state index is 9.39. The minimum atomic E-state index is -1.52. The Labute approximate surface area is 185 Å². The van der Waals surface area contributed by atoms with Gasteiger partial charge >= 0.3 is 13.1 Å². The van der Waals surface area contributed by atoms with Crippen LogP contribution in [0.15, 0.2) is 42.5 Å². The van der Waals surface area contributed by atoms with E-state index < -0.39 is 7.12 Å².